The average molecular weight is 253 g/mol. The maximum atomic E-state index is 5.63. The Morgan fingerprint density at radius 3 is 2.89 bits per heavy atom. The lowest BCUT2D eigenvalue weighted by molar-refractivity contribution is 0.0829. The highest BCUT2D eigenvalue weighted by molar-refractivity contribution is 4.88. The van der Waals surface area contributed by atoms with Gasteiger partial charge in [-0.05, 0) is 25.7 Å². The quantitative estimate of drug-likeness (QED) is 0.839. The number of nitrogens with zero attached hydrogens (tertiary/aromatic N) is 2. The Hall–Kier alpha value is -0.940. The Kier molecular flexibility index (Phi) is 4.72. The van der Waals surface area contributed by atoms with Gasteiger partial charge in [0.25, 0.3) is 0 Å². The van der Waals surface area contributed by atoms with Crippen LogP contribution in [0.5, 0.6) is 0 Å². The van der Waals surface area contributed by atoms with Crippen molar-refractivity contribution in [3.8, 4) is 0 Å². The molecule has 0 unspecified atom stereocenters. The van der Waals surface area contributed by atoms with Crippen molar-refractivity contribution in [2.75, 3.05) is 6.61 Å². The molecule has 2 heterocycles. The van der Waals surface area contributed by atoms with Crippen molar-refractivity contribution >= 4 is 0 Å². The zero-order valence-electron chi connectivity index (χ0n) is 11.5. The first-order valence-electron chi connectivity index (χ1n) is 6.81. The summed E-state index contributed by atoms with van der Waals surface area (Å²) in [4.78, 5) is 4.37. The first kappa shape index (κ1) is 13.5. The van der Waals surface area contributed by atoms with E-state index in [1.165, 1.54) is 0 Å². The summed E-state index contributed by atoms with van der Waals surface area (Å²) in [5, 5.41) is 7.38. The fourth-order valence-corrected chi connectivity index (χ4v) is 2.17. The Labute approximate surface area is 108 Å². The first-order chi connectivity index (χ1) is 8.65. The highest BCUT2D eigenvalue weighted by Gasteiger charge is 2.22. The molecule has 1 aliphatic rings. The zero-order valence-corrected chi connectivity index (χ0v) is 11.5. The molecule has 0 amide bonds. The molecule has 5 nitrogen and oxygen atoms in total. The van der Waals surface area contributed by atoms with Crippen LogP contribution >= 0.6 is 0 Å². The van der Waals surface area contributed by atoms with E-state index < -0.39 is 0 Å². The van der Waals surface area contributed by atoms with Gasteiger partial charge in [0.2, 0.25) is 5.89 Å². The lowest BCUT2D eigenvalue weighted by atomic mass is 10.1. The van der Waals surface area contributed by atoms with Crippen LogP contribution in [0.4, 0.5) is 0 Å². The van der Waals surface area contributed by atoms with Crippen molar-refractivity contribution < 1.29 is 9.26 Å². The van der Waals surface area contributed by atoms with Crippen LogP contribution in [0.2, 0.25) is 0 Å². The number of hydrogen-bond donors (Lipinski definition) is 1. The van der Waals surface area contributed by atoms with Crippen LogP contribution in [0.25, 0.3) is 0 Å². The van der Waals surface area contributed by atoms with Crippen LogP contribution in [-0.2, 0) is 17.7 Å². The highest BCUT2D eigenvalue weighted by atomic mass is 16.5. The largest absolute Gasteiger partial charge is 0.377 e. The second-order valence-corrected chi connectivity index (χ2v) is 5.42. The third kappa shape index (κ3) is 3.78. The predicted molar refractivity (Wildman–Crippen MR) is 68.1 cm³/mol. The fourth-order valence-electron chi connectivity index (χ4n) is 2.17. The summed E-state index contributed by atoms with van der Waals surface area (Å²) in [6.07, 6.45) is 3.47. The molecular weight excluding hydrogens is 230 g/mol. The van der Waals surface area contributed by atoms with E-state index in [2.05, 4.69) is 36.2 Å². The zero-order chi connectivity index (χ0) is 13.0. The molecule has 1 saturated heterocycles. The minimum atomic E-state index is 0.326. The number of nitrogens with one attached hydrogen (secondary N) is 1. The molecule has 18 heavy (non-hydrogen) atoms. The van der Waals surface area contributed by atoms with E-state index in [1.807, 2.05) is 0 Å². The van der Waals surface area contributed by atoms with Crippen molar-refractivity contribution in [2.24, 2.45) is 5.92 Å². The summed E-state index contributed by atoms with van der Waals surface area (Å²) in [5.74, 6) is 2.00. The van der Waals surface area contributed by atoms with Gasteiger partial charge in [-0.25, -0.2) is 0 Å². The van der Waals surface area contributed by atoms with Gasteiger partial charge in [-0.3, -0.25) is 0 Å². The van der Waals surface area contributed by atoms with Gasteiger partial charge in [-0.15, -0.1) is 0 Å². The van der Waals surface area contributed by atoms with Crippen LogP contribution in [0, 0.1) is 5.92 Å². The third-order valence-electron chi connectivity index (χ3n) is 3.20. The maximum Gasteiger partial charge on any atom is 0.226 e. The number of rotatable bonds is 6. The molecule has 0 aliphatic carbocycles. The normalized spacial score (nSPS) is 21.7. The summed E-state index contributed by atoms with van der Waals surface area (Å²) in [5.41, 5.74) is 0. The molecule has 1 aromatic rings. The van der Waals surface area contributed by atoms with Gasteiger partial charge in [0.05, 0.1) is 12.6 Å². The van der Waals surface area contributed by atoms with Gasteiger partial charge in [0.1, 0.15) is 0 Å². The lowest BCUT2D eigenvalue weighted by Crippen LogP contribution is -2.36. The summed E-state index contributed by atoms with van der Waals surface area (Å²) in [6.45, 7) is 7.95. The maximum absolute atomic E-state index is 5.63. The SMILES string of the molecule is CC(C)Cc1nc(CN[C@@H](C)[C@H]2CCCO2)no1. The lowest BCUT2D eigenvalue weighted by Gasteiger charge is -2.18. The molecule has 102 valence electrons. The number of ether oxygens (including phenoxy) is 1. The molecular formula is C13H23N3O2. The standard InChI is InChI=1S/C13H23N3O2/c1-9(2)7-13-15-12(16-18-13)8-14-10(3)11-5-4-6-17-11/h9-11,14H,4-8H2,1-3H3/t10-,11+/m0/s1. The molecule has 0 saturated carbocycles. The van der Waals surface area contributed by atoms with E-state index in [-0.39, 0.29) is 0 Å². The topological polar surface area (TPSA) is 60.2 Å². The molecule has 2 atom stereocenters. The van der Waals surface area contributed by atoms with Crippen molar-refractivity contribution in [3.63, 3.8) is 0 Å². The molecule has 0 radical (unpaired) electrons. The average Bonchev–Trinajstić information content (AvgIpc) is 2.95. The first-order valence-corrected chi connectivity index (χ1v) is 6.81. The Bertz CT molecular complexity index is 359. The molecule has 0 aromatic carbocycles. The third-order valence-corrected chi connectivity index (χ3v) is 3.20. The van der Waals surface area contributed by atoms with Crippen molar-refractivity contribution in [3.05, 3.63) is 11.7 Å². The van der Waals surface area contributed by atoms with E-state index in [1.54, 1.807) is 0 Å². The van der Waals surface area contributed by atoms with E-state index in [0.29, 0.717) is 24.6 Å². The minimum absolute atomic E-state index is 0.326. The summed E-state index contributed by atoms with van der Waals surface area (Å²) in [7, 11) is 0. The van der Waals surface area contributed by atoms with Crippen LogP contribution in [0.1, 0.15) is 45.3 Å². The molecule has 5 heteroatoms. The van der Waals surface area contributed by atoms with Gasteiger partial charge in [-0.1, -0.05) is 19.0 Å². The van der Waals surface area contributed by atoms with E-state index in [9.17, 15) is 0 Å². The van der Waals surface area contributed by atoms with Crippen molar-refractivity contribution in [2.45, 2.75) is 58.7 Å². The molecule has 0 spiro atoms. The summed E-state index contributed by atoms with van der Waals surface area (Å²) in [6, 6.07) is 0.333. The molecule has 1 aromatic heterocycles. The molecule has 0 bridgehead atoms. The summed E-state index contributed by atoms with van der Waals surface area (Å²) < 4.78 is 10.8. The Morgan fingerprint density at radius 1 is 1.39 bits per heavy atom. The monoisotopic (exact) mass is 253 g/mol. The van der Waals surface area contributed by atoms with Gasteiger partial charge in [-0.2, -0.15) is 4.98 Å². The molecule has 2 rings (SSSR count). The van der Waals surface area contributed by atoms with E-state index in [0.717, 1.165) is 37.6 Å². The molecule has 1 N–H and O–H groups in total. The number of hydrogen-bond acceptors (Lipinski definition) is 5. The van der Waals surface area contributed by atoms with Crippen molar-refractivity contribution in [1.82, 2.24) is 15.5 Å². The van der Waals surface area contributed by atoms with Crippen molar-refractivity contribution in [1.29, 1.82) is 0 Å². The van der Waals surface area contributed by atoms with Gasteiger partial charge in [0, 0.05) is 19.1 Å². The molecule has 1 aliphatic heterocycles. The Morgan fingerprint density at radius 2 is 2.22 bits per heavy atom. The van der Waals surface area contributed by atoms with Crippen LogP contribution in [-0.4, -0.2) is 28.9 Å². The van der Waals surface area contributed by atoms with Gasteiger partial charge >= 0.3 is 0 Å². The van der Waals surface area contributed by atoms with E-state index >= 15 is 0 Å². The smallest absolute Gasteiger partial charge is 0.226 e. The number of aromatic nitrogens is 2. The second kappa shape index (κ2) is 6.29. The summed E-state index contributed by atoms with van der Waals surface area (Å²) >= 11 is 0. The fraction of sp³-hybridized carbons (Fsp3) is 0.846. The second-order valence-electron chi connectivity index (χ2n) is 5.42. The van der Waals surface area contributed by atoms with Gasteiger partial charge in [0.15, 0.2) is 5.82 Å². The van der Waals surface area contributed by atoms with Gasteiger partial charge < -0.3 is 14.6 Å². The minimum Gasteiger partial charge on any atom is -0.377 e. The van der Waals surface area contributed by atoms with E-state index in [4.69, 9.17) is 9.26 Å². The highest BCUT2D eigenvalue weighted by Crippen LogP contribution is 2.15. The molecule has 1 fully saturated rings. The van der Waals surface area contributed by atoms with Crippen LogP contribution in [0.3, 0.4) is 0 Å². The van der Waals surface area contributed by atoms with Crippen LogP contribution in [0.15, 0.2) is 4.52 Å². The van der Waals surface area contributed by atoms with Crippen LogP contribution < -0.4 is 5.32 Å². The Balaban J connectivity index is 1.77. The predicted octanol–water partition coefficient (Wildman–Crippen LogP) is 1.93.